The summed E-state index contributed by atoms with van der Waals surface area (Å²) in [5.41, 5.74) is 1.00. The highest BCUT2D eigenvalue weighted by molar-refractivity contribution is 7.85. The molecule has 0 bridgehead atoms. The van der Waals surface area contributed by atoms with E-state index in [-0.39, 0.29) is 17.1 Å². The zero-order valence-corrected chi connectivity index (χ0v) is 18.7. The third-order valence-electron chi connectivity index (χ3n) is 5.83. The minimum atomic E-state index is -0.741. The molecule has 0 saturated heterocycles. The van der Waals surface area contributed by atoms with E-state index in [0.29, 0.717) is 30.3 Å². The fourth-order valence-corrected chi connectivity index (χ4v) is 5.53. The molecule has 8 heteroatoms. The van der Waals surface area contributed by atoms with Crippen molar-refractivity contribution in [1.29, 1.82) is 0 Å². The maximum Gasteiger partial charge on any atom is 0.261 e. The van der Waals surface area contributed by atoms with Crippen LogP contribution in [-0.2, 0) is 10.8 Å². The van der Waals surface area contributed by atoms with Gasteiger partial charge >= 0.3 is 0 Å². The Hall–Kier alpha value is -2.22. The minimum absolute atomic E-state index is 0.197. The molecule has 1 aromatic carbocycles. The van der Waals surface area contributed by atoms with Gasteiger partial charge in [-0.25, -0.2) is 0 Å². The number of nitrogens with zero attached hydrogens (tertiary/aromatic N) is 2. The van der Waals surface area contributed by atoms with Crippen LogP contribution in [0.4, 0.5) is 0 Å². The van der Waals surface area contributed by atoms with Gasteiger partial charge in [-0.1, -0.05) is 25.5 Å². The zero-order valence-electron chi connectivity index (χ0n) is 17.9. The molecule has 0 spiro atoms. The SMILES string of the molecule is CCS(=O)C1CCCC(NC(=NC)NCCCCN2C(=O)c3ccccc3C2=O)C1. The van der Waals surface area contributed by atoms with E-state index < -0.39 is 10.8 Å². The number of hydrogen-bond donors (Lipinski definition) is 2. The van der Waals surface area contributed by atoms with E-state index >= 15 is 0 Å². The molecule has 3 atom stereocenters. The van der Waals surface area contributed by atoms with Gasteiger partial charge < -0.3 is 10.6 Å². The van der Waals surface area contributed by atoms with Crippen LogP contribution in [0, 0.1) is 0 Å². The Kier molecular flexibility index (Phi) is 8.01. The van der Waals surface area contributed by atoms with Gasteiger partial charge in [0, 0.05) is 48.0 Å². The van der Waals surface area contributed by atoms with Gasteiger partial charge in [-0.05, 0) is 44.2 Å². The van der Waals surface area contributed by atoms with Crippen LogP contribution in [0.2, 0.25) is 0 Å². The van der Waals surface area contributed by atoms with Gasteiger partial charge in [-0.3, -0.25) is 23.7 Å². The quantitative estimate of drug-likeness (QED) is 0.285. The highest BCUT2D eigenvalue weighted by Crippen LogP contribution is 2.23. The van der Waals surface area contributed by atoms with E-state index in [0.717, 1.165) is 50.2 Å². The molecule has 2 aliphatic rings. The standard InChI is InChI=1S/C22H32N4O3S/c1-3-30(29)17-10-8-9-16(15-17)25-22(23-2)24-13-6-7-14-26-20(27)18-11-4-5-12-19(18)21(26)28/h4-5,11-12,16-17H,3,6-10,13-15H2,1-2H3,(H2,23,24,25). The predicted molar refractivity (Wildman–Crippen MR) is 120 cm³/mol. The molecule has 2 N–H and O–H groups in total. The Morgan fingerprint density at radius 2 is 1.87 bits per heavy atom. The Labute approximate surface area is 181 Å². The van der Waals surface area contributed by atoms with E-state index in [9.17, 15) is 13.8 Å². The monoisotopic (exact) mass is 432 g/mol. The first-order valence-electron chi connectivity index (χ1n) is 10.8. The third-order valence-corrected chi connectivity index (χ3v) is 7.57. The fraction of sp³-hybridized carbons (Fsp3) is 0.591. The summed E-state index contributed by atoms with van der Waals surface area (Å²) in [6.45, 7) is 3.11. The van der Waals surface area contributed by atoms with E-state index in [1.807, 2.05) is 6.92 Å². The molecule has 7 nitrogen and oxygen atoms in total. The molecule has 2 amide bonds. The molecule has 0 radical (unpaired) electrons. The fourth-order valence-electron chi connectivity index (χ4n) is 4.18. The number of fused-ring (bicyclic) bond motifs is 1. The topological polar surface area (TPSA) is 90.9 Å². The molecular weight excluding hydrogens is 400 g/mol. The van der Waals surface area contributed by atoms with E-state index in [1.54, 1.807) is 31.3 Å². The van der Waals surface area contributed by atoms with Crippen molar-refractivity contribution in [2.45, 2.75) is 56.7 Å². The van der Waals surface area contributed by atoms with Crippen molar-refractivity contribution in [2.24, 2.45) is 4.99 Å². The van der Waals surface area contributed by atoms with Crippen LogP contribution < -0.4 is 10.6 Å². The van der Waals surface area contributed by atoms with Crippen molar-refractivity contribution in [1.82, 2.24) is 15.5 Å². The Balaban J connectivity index is 1.38. The number of rotatable bonds is 8. The number of carbonyl (C=O) groups is 2. The summed E-state index contributed by atoms with van der Waals surface area (Å²) in [6.07, 6.45) is 5.67. The van der Waals surface area contributed by atoms with Crippen molar-refractivity contribution in [2.75, 3.05) is 25.9 Å². The first kappa shape index (κ1) is 22.5. The van der Waals surface area contributed by atoms with Gasteiger partial charge in [0.15, 0.2) is 5.96 Å². The molecule has 1 fully saturated rings. The van der Waals surface area contributed by atoms with Crippen LogP contribution in [0.25, 0.3) is 0 Å². The Morgan fingerprint density at radius 3 is 2.50 bits per heavy atom. The second kappa shape index (κ2) is 10.7. The zero-order chi connectivity index (χ0) is 21.5. The largest absolute Gasteiger partial charge is 0.356 e. The number of imide groups is 1. The summed E-state index contributed by atoms with van der Waals surface area (Å²) in [4.78, 5) is 30.4. The number of aliphatic imine (C=N–C) groups is 1. The predicted octanol–water partition coefficient (Wildman–Crippen LogP) is 2.31. The van der Waals surface area contributed by atoms with Gasteiger partial charge in [-0.15, -0.1) is 0 Å². The highest BCUT2D eigenvalue weighted by Gasteiger charge is 2.34. The number of carbonyl (C=O) groups excluding carboxylic acids is 2. The lowest BCUT2D eigenvalue weighted by atomic mass is 9.95. The number of amides is 2. The molecule has 1 heterocycles. The maximum absolute atomic E-state index is 12.4. The van der Waals surface area contributed by atoms with Crippen molar-refractivity contribution in [3.8, 4) is 0 Å². The second-order valence-corrected chi connectivity index (χ2v) is 9.82. The van der Waals surface area contributed by atoms with Gasteiger partial charge in [0.05, 0.1) is 11.1 Å². The minimum Gasteiger partial charge on any atom is -0.356 e. The summed E-state index contributed by atoms with van der Waals surface area (Å²) >= 11 is 0. The number of hydrogen-bond acceptors (Lipinski definition) is 4. The summed E-state index contributed by atoms with van der Waals surface area (Å²) in [5.74, 6) is 1.08. The maximum atomic E-state index is 12.4. The van der Waals surface area contributed by atoms with Gasteiger partial charge in [0.25, 0.3) is 11.8 Å². The number of unbranched alkanes of at least 4 members (excludes halogenated alkanes) is 1. The molecule has 3 unspecified atom stereocenters. The van der Waals surface area contributed by atoms with Crippen LogP contribution in [0.5, 0.6) is 0 Å². The third kappa shape index (κ3) is 5.28. The van der Waals surface area contributed by atoms with Crippen molar-refractivity contribution < 1.29 is 13.8 Å². The molecule has 30 heavy (non-hydrogen) atoms. The average molecular weight is 433 g/mol. The van der Waals surface area contributed by atoms with E-state index in [4.69, 9.17) is 0 Å². The molecule has 1 aromatic rings. The van der Waals surface area contributed by atoms with Crippen molar-refractivity contribution >= 4 is 28.6 Å². The molecule has 1 aliphatic carbocycles. The molecule has 1 aliphatic heterocycles. The van der Waals surface area contributed by atoms with Gasteiger partial charge in [0.1, 0.15) is 0 Å². The second-order valence-electron chi connectivity index (χ2n) is 7.81. The number of benzene rings is 1. The number of guanidine groups is 1. The first-order valence-corrected chi connectivity index (χ1v) is 12.2. The smallest absolute Gasteiger partial charge is 0.261 e. The van der Waals surface area contributed by atoms with E-state index in [1.165, 1.54) is 4.90 Å². The molecular formula is C22H32N4O3S. The lowest BCUT2D eigenvalue weighted by molar-refractivity contribution is 0.0652. The van der Waals surface area contributed by atoms with Gasteiger partial charge in [0.2, 0.25) is 0 Å². The lowest BCUT2D eigenvalue weighted by Gasteiger charge is -2.30. The van der Waals surface area contributed by atoms with Crippen LogP contribution in [0.15, 0.2) is 29.3 Å². The van der Waals surface area contributed by atoms with Gasteiger partial charge in [-0.2, -0.15) is 0 Å². The van der Waals surface area contributed by atoms with Crippen LogP contribution in [0.1, 0.15) is 66.2 Å². The van der Waals surface area contributed by atoms with E-state index in [2.05, 4.69) is 15.6 Å². The van der Waals surface area contributed by atoms with Crippen LogP contribution in [-0.4, -0.2) is 64.1 Å². The summed E-state index contributed by atoms with van der Waals surface area (Å²) in [7, 11) is 1.01. The Bertz CT molecular complexity index is 791. The molecule has 0 aromatic heterocycles. The number of nitrogens with one attached hydrogen (secondary N) is 2. The van der Waals surface area contributed by atoms with Crippen molar-refractivity contribution in [3.63, 3.8) is 0 Å². The average Bonchev–Trinajstić information content (AvgIpc) is 3.02. The van der Waals surface area contributed by atoms with Crippen LogP contribution in [0.3, 0.4) is 0 Å². The summed E-state index contributed by atoms with van der Waals surface area (Å²) < 4.78 is 12.1. The van der Waals surface area contributed by atoms with Crippen LogP contribution >= 0.6 is 0 Å². The normalized spacial score (nSPS) is 22.7. The molecule has 164 valence electrons. The lowest BCUT2D eigenvalue weighted by Crippen LogP contribution is -2.46. The molecule has 3 rings (SSSR count). The Morgan fingerprint density at radius 1 is 1.17 bits per heavy atom. The molecule has 1 saturated carbocycles. The first-order chi connectivity index (χ1) is 14.5. The summed E-state index contributed by atoms with van der Waals surface area (Å²) in [5, 5.41) is 7.05. The summed E-state index contributed by atoms with van der Waals surface area (Å²) in [6, 6.07) is 7.27. The highest BCUT2D eigenvalue weighted by atomic mass is 32.2. The van der Waals surface area contributed by atoms with Crippen molar-refractivity contribution in [3.05, 3.63) is 35.4 Å².